The molecule has 8 heteroatoms. The smallest absolute Gasteiger partial charge is 0.396 e. The minimum absolute atomic E-state index is 0.166. The van der Waals surface area contributed by atoms with E-state index in [1.54, 1.807) is 0 Å². The Morgan fingerprint density at radius 2 is 2.05 bits per heavy atom. The molecule has 0 saturated carbocycles. The Morgan fingerprint density at radius 3 is 2.60 bits per heavy atom. The van der Waals surface area contributed by atoms with E-state index in [2.05, 4.69) is 4.98 Å². The van der Waals surface area contributed by atoms with Crippen molar-refractivity contribution in [3.8, 4) is 11.5 Å². The molecular formula is C12H6ClF4NO2. The molecule has 0 atom stereocenters. The van der Waals surface area contributed by atoms with E-state index < -0.39 is 29.9 Å². The van der Waals surface area contributed by atoms with Crippen molar-refractivity contribution in [3.63, 3.8) is 0 Å². The highest BCUT2D eigenvalue weighted by Gasteiger charge is 2.32. The van der Waals surface area contributed by atoms with Crippen molar-refractivity contribution in [2.75, 3.05) is 0 Å². The number of aldehydes is 1. The highest BCUT2D eigenvalue weighted by atomic mass is 35.5. The quantitative estimate of drug-likeness (QED) is 0.634. The molecule has 0 fully saturated rings. The van der Waals surface area contributed by atoms with Gasteiger partial charge in [0.2, 0.25) is 5.89 Å². The van der Waals surface area contributed by atoms with Crippen LogP contribution >= 0.6 is 11.6 Å². The first-order valence-electron chi connectivity index (χ1n) is 5.27. The summed E-state index contributed by atoms with van der Waals surface area (Å²) in [5.74, 6) is -1.51. The van der Waals surface area contributed by atoms with E-state index in [4.69, 9.17) is 16.0 Å². The molecule has 0 amide bonds. The SMILES string of the molecule is O=Cc1nc(-c2ccc(F)c(Cl)c2)oc1CC(F)(F)F. The minimum atomic E-state index is -4.53. The van der Waals surface area contributed by atoms with Crippen LogP contribution in [0.15, 0.2) is 22.6 Å². The summed E-state index contributed by atoms with van der Waals surface area (Å²) < 4.78 is 54.9. The summed E-state index contributed by atoms with van der Waals surface area (Å²) in [5, 5.41) is -0.231. The first kappa shape index (κ1) is 14.5. The summed E-state index contributed by atoms with van der Waals surface area (Å²) in [6, 6.07) is 3.40. The zero-order valence-corrected chi connectivity index (χ0v) is 10.4. The van der Waals surface area contributed by atoms with Crippen LogP contribution in [0.5, 0.6) is 0 Å². The second-order valence-electron chi connectivity index (χ2n) is 3.87. The molecule has 2 aromatic rings. The molecule has 0 aliphatic heterocycles. The molecule has 1 heterocycles. The molecule has 20 heavy (non-hydrogen) atoms. The van der Waals surface area contributed by atoms with E-state index in [-0.39, 0.29) is 22.8 Å². The predicted octanol–water partition coefficient (Wildman–Crippen LogP) is 4.05. The van der Waals surface area contributed by atoms with Gasteiger partial charge in [0, 0.05) is 5.56 Å². The van der Waals surface area contributed by atoms with Gasteiger partial charge >= 0.3 is 6.18 Å². The number of carbonyl (C=O) groups excluding carboxylic acids is 1. The molecule has 1 aromatic carbocycles. The number of carbonyl (C=O) groups is 1. The van der Waals surface area contributed by atoms with E-state index in [9.17, 15) is 22.4 Å². The van der Waals surface area contributed by atoms with Gasteiger partial charge < -0.3 is 4.42 Å². The monoisotopic (exact) mass is 307 g/mol. The molecule has 0 unspecified atom stereocenters. The van der Waals surface area contributed by atoms with Crippen LogP contribution in [0.3, 0.4) is 0 Å². The number of aromatic nitrogens is 1. The molecule has 0 aliphatic rings. The molecule has 106 valence electrons. The summed E-state index contributed by atoms with van der Waals surface area (Å²) in [7, 11) is 0. The Hall–Kier alpha value is -1.89. The van der Waals surface area contributed by atoms with Crippen LogP contribution in [0, 0.1) is 5.82 Å². The molecular weight excluding hydrogens is 302 g/mol. The molecule has 0 aliphatic carbocycles. The average molecular weight is 308 g/mol. The Labute approximate surface area is 115 Å². The van der Waals surface area contributed by atoms with E-state index in [1.807, 2.05) is 0 Å². The van der Waals surface area contributed by atoms with Crippen LogP contribution in [0.4, 0.5) is 17.6 Å². The zero-order chi connectivity index (χ0) is 14.9. The van der Waals surface area contributed by atoms with E-state index in [1.165, 1.54) is 6.07 Å². The van der Waals surface area contributed by atoms with Crippen molar-refractivity contribution in [1.29, 1.82) is 0 Å². The maximum absolute atomic E-state index is 13.0. The van der Waals surface area contributed by atoms with Gasteiger partial charge in [0.1, 0.15) is 23.7 Å². The van der Waals surface area contributed by atoms with Crippen LogP contribution in [-0.4, -0.2) is 17.4 Å². The predicted molar refractivity (Wildman–Crippen MR) is 62.1 cm³/mol. The van der Waals surface area contributed by atoms with Crippen molar-refractivity contribution >= 4 is 17.9 Å². The number of rotatable bonds is 3. The maximum atomic E-state index is 13.0. The van der Waals surface area contributed by atoms with E-state index in [0.29, 0.717) is 0 Å². The van der Waals surface area contributed by atoms with Gasteiger partial charge in [-0.1, -0.05) is 11.6 Å². The maximum Gasteiger partial charge on any atom is 0.396 e. The molecule has 0 spiro atoms. The van der Waals surface area contributed by atoms with Crippen LogP contribution in [0.2, 0.25) is 5.02 Å². The van der Waals surface area contributed by atoms with Gasteiger partial charge in [-0.15, -0.1) is 0 Å². The molecule has 0 radical (unpaired) electrons. The number of hydrogen-bond donors (Lipinski definition) is 0. The second kappa shape index (κ2) is 5.24. The van der Waals surface area contributed by atoms with E-state index >= 15 is 0 Å². The van der Waals surface area contributed by atoms with Gasteiger partial charge in [-0.3, -0.25) is 4.79 Å². The number of halogens is 5. The summed E-state index contributed by atoms with van der Waals surface area (Å²) >= 11 is 5.56. The van der Waals surface area contributed by atoms with Crippen molar-refractivity contribution in [2.24, 2.45) is 0 Å². The number of benzene rings is 1. The number of nitrogens with zero attached hydrogens (tertiary/aromatic N) is 1. The highest BCUT2D eigenvalue weighted by molar-refractivity contribution is 6.31. The first-order valence-corrected chi connectivity index (χ1v) is 5.65. The third-order valence-corrected chi connectivity index (χ3v) is 2.66. The molecule has 1 aromatic heterocycles. The topological polar surface area (TPSA) is 43.1 Å². The van der Waals surface area contributed by atoms with Gasteiger partial charge in [-0.05, 0) is 18.2 Å². The minimum Gasteiger partial charge on any atom is -0.440 e. The summed E-state index contributed by atoms with van der Waals surface area (Å²) in [6.45, 7) is 0. The fraction of sp³-hybridized carbons (Fsp3) is 0.167. The lowest BCUT2D eigenvalue weighted by atomic mass is 10.2. The third-order valence-electron chi connectivity index (χ3n) is 2.37. The Bertz CT molecular complexity index is 651. The standard InChI is InChI=1S/C12H6ClF4NO2/c13-7-3-6(1-2-8(7)14)11-18-9(5-19)10(20-11)4-12(15,16)17/h1-3,5H,4H2. The number of hydrogen-bond acceptors (Lipinski definition) is 3. The fourth-order valence-electron chi connectivity index (χ4n) is 1.52. The molecule has 0 saturated heterocycles. The van der Waals surface area contributed by atoms with Gasteiger partial charge in [0.05, 0.1) is 5.02 Å². The fourth-order valence-corrected chi connectivity index (χ4v) is 1.70. The summed E-state index contributed by atoms with van der Waals surface area (Å²) in [4.78, 5) is 14.3. The van der Waals surface area contributed by atoms with Crippen LogP contribution in [-0.2, 0) is 6.42 Å². The molecule has 3 nitrogen and oxygen atoms in total. The Kier molecular flexibility index (Phi) is 3.80. The zero-order valence-electron chi connectivity index (χ0n) is 9.67. The Morgan fingerprint density at radius 1 is 1.35 bits per heavy atom. The van der Waals surface area contributed by atoms with Gasteiger partial charge in [-0.25, -0.2) is 9.37 Å². The first-order chi connectivity index (χ1) is 9.30. The molecule has 2 rings (SSSR count). The van der Waals surface area contributed by atoms with Crippen LogP contribution in [0.1, 0.15) is 16.2 Å². The van der Waals surface area contributed by atoms with Crippen molar-refractivity contribution < 1.29 is 26.8 Å². The lowest BCUT2D eigenvalue weighted by molar-refractivity contribution is -0.130. The van der Waals surface area contributed by atoms with Crippen molar-refractivity contribution in [1.82, 2.24) is 4.98 Å². The largest absolute Gasteiger partial charge is 0.440 e. The summed E-state index contributed by atoms with van der Waals surface area (Å²) in [6.07, 6.45) is -5.78. The molecule has 0 N–H and O–H groups in total. The molecule has 0 bridgehead atoms. The Balaban J connectivity index is 2.43. The van der Waals surface area contributed by atoms with E-state index in [0.717, 1.165) is 12.1 Å². The van der Waals surface area contributed by atoms with Crippen molar-refractivity contribution in [3.05, 3.63) is 40.5 Å². The van der Waals surface area contributed by atoms with Crippen molar-refractivity contribution in [2.45, 2.75) is 12.6 Å². The highest BCUT2D eigenvalue weighted by Crippen LogP contribution is 2.29. The van der Waals surface area contributed by atoms with Crippen LogP contribution < -0.4 is 0 Å². The number of alkyl halides is 3. The number of oxazole rings is 1. The van der Waals surface area contributed by atoms with Gasteiger partial charge in [0.15, 0.2) is 6.29 Å². The third kappa shape index (κ3) is 3.16. The summed E-state index contributed by atoms with van der Waals surface area (Å²) in [5.41, 5.74) is -0.273. The van der Waals surface area contributed by atoms with Crippen LogP contribution in [0.25, 0.3) is 11.5 Å². The second-order valence-corrected chi connectivity index (χ2v) is 4.27. The van der Waals surface area contributed by atoms with Gasteiger partial charge in [0.25, 0.3) is 0 Å². The van der Waals surface area contributed by atoms with Gasteiger partial charge in [-0.2, -0.15) is 13.2 Å². The normalized spacial score (nSPS) is 11.7. The lowest BCUT2D eigenvalue weighted by Crippen LogP contribution is -2.12. The lowest BCUT2D eigenvalue weighted by Gasteiger charge is -2.02. The average Bonchev–Trinajstić information content (AvgIpc) is 2.73.